The van der Waals surface area contributed by atoms with Gasteiger partial charge in [0.1, 0.15) is 5.82 Å². The zero-order chi connectivity index (χ0) is 13.2. The first-order valence-electron chi connectivity index (χ1n) is 7.29. The minimum atomic E-state index is 0.642. The summed E-state index contributed by atoms with van der Waals surface area (Å²) in [5.41, 5.74) is 1.28. The maximum atomic E-state index is 4.91. The van der Waals surface area contributed by atoms with Crippen LogP contribution in [-0.2, 0) is 0 Å². The molecule has 1 aliphatic heterocycles. The van der Waals surface area contributed by atoms with Gasteiger partial charge in [-0.2, -0.15) is 4.98 Å². The molecule has 2 heterocycles. The van der Waals surface area contributed by atoms with Crippen LogP contribution in [0.4, 0.5) is 11.8 Å². The summed E-state index contributed by atoms with van der Waals surface area (Å²) in [6.45, 7) is 2.21. The molecule has 0 aromatic carbocycles. The van der Waals surface area contributed by atoms with Crippen molar-refractivity contribution in [1.82, 2.24) is 9.97 Å². The molecule has 2 aliphatic rings. The molecule has 3 rings (SSSR count). The predicted molar refractivity (Wildman–Crippen MR) is 87.0 cm³/mol. The number of hydrogen-bond donors (Lipinski definition) is 1. The third-order valence-electron chi connectivity index (χ3n) is 4.23. The molecule has 1 N–H and O–H groups in total. The van der Waals surface area contributed by atoms with Crippen LogP contribution in [0, 0.1) is 3.57 Å². The molecule has 0 spiro atoms. The van der Waals surface area contributed by atoms with Crippen molar-refractivity contribution in [2.75, 3.05) is 30.4 Å². The second-order valence-corrected chi connectivity index (χ2v) is 6.58. The van der Waals surface area contributed by atoms with Gasteiger partial charge in [-0.1, -0.05) is 12.8 Å². The molecule has 1 saturated carbocycles. The summed E-state index contributed by atoms with van der Waals surface area (Å²) in [6, 6.07) is 0. The number of rotatable bonds is 3. The van der Waals surface area contributed by atoms with E-state index in [-0.39, 0.29) is 0 Å². The van der Waals surface area contributed by atoms with Crippen molar-refractivity contribution in [1.29, 1.82) is 0 Å². The van der Waals surface area contributed by atoms with Crippen LogP contribution >= 0.6 is 22.6 Å². The Morgan fingerprint density at radius 3 is 2.42 bits per heavy atom. The van der Waals surface area contributed by atoms with Gasteiger partial charge in [-0.15, -0.1) is 0 Å². The van der Waals surface area contributed by atoms with Gasteiger partial charge in [0.25, 0.3) is 0 Å². The first-order valence-corrected chi connectivity index (χ1v) is 8.37. The first kappa shape index (κ1) is 13.4. The predicted octanol–water partition coefficient (Wildman–Crippen LogP) is 3.38. The Morgan fingerprint density at radius 2 is 1.79 bits per heavy atom. The minimum absolute atomic E-state index is 0.642. The number of halogens is 1. The molecule has 5 heteroatoms. The molecule has 2 fully saturated rings. The van der Waals surface area contributed by atoms with Crippen LogP contribution in [0.2, 0.25) is 0 Å². The molecule has 0 atom stereocenters. The van der Waals surface area contributed by atoms with Crippen molar-refractivity contribution in [3.05, 3.63) is 9.26 Å². The average Bonchev–Trinajstić information content (AvgIpc) is 3.12. The van der Waals surface area contributed by atoms with E-state index in [0.29, 0.717) is 5.92 Å². The van der Waals surface area contributed by atoms with Gasteiger partial charge in [-0.3, -0.25) is 0 Å². The molecule has 104 valence electrons. The second kappa shape index (κ2) is 5.81. The Morgan fingerprint density at radius 1 is 1.11 bits per heavy atom. The first-order chi connectivity index (χ1) is 9.29. The highest BCUT2D eigenvalue weighted by molar-refractivity contribution is 14.1. The molecule has 4 nitrogen and oxygen atoms in total. The van der Waals surface area contributed by atoms with Gasteiger partial charge in [-0.25, -0.2) is 4.98 Å². The molecule has 0 bridgehead atoms. The summed E-state index contributed by atoms with van der Waals surface area (Å²) >= 11 is 2.40. The van der Waals surface area contributed by atoms with Crippen LogP contribution in [0.3, 0.4) is 0 Å². The minimum Gasteiger partial charge on any atom is -0.372 e. The van der Waals surface area contributed by atoms with E-state index in [2.05, 4.69) is 32.8 Å². The Hall–Kier alpha value is -0.590. The molecule has 19 heavy (non-hydrogen) atoms. The number of nitrogens with one attached hydrogen (secondary N) is 1. The molecule has 1 aliphatic carbocycles. The Balaban J connectivity index is 1.98. The quantitative estimate of drug-likeness (QED) is 0.826. The monoisotopic (exact) mass is 372 g/mol. The maximum absolute atomic E-state index is 4.91. The molecule has 1 aromatic heterocycles. The van der Waals surface area contributed by atoms with Crippen molar-refractivity contribution < 1.29 is 0 Å². The number of anilines is 2. The molecule has 1 aromatic rings. The van der Waals surface area contributed by atoms with Crippen LogP contribution < -0.4 is 10.2 Å². The summed E-state index contributed by atoms with van der Waals surface area (Å²) in [6.07, 6.45) is 7.80. The summed E-state index contributed by atoms with van der Waals surface area (Å²) in [7, 11) is 1.96. The van der Waals surface area contributed by atoms with Gasteiger partial charge in [0, 0.05) is 26.1 Å². The summed E-state index contributed by atoms with van der Waals surface area (Å²) < 4.78 is 1.22. The largest absolute Gasteiger partial charge is 0.372 e. The third kappa shape index (κ3) is 2.66. The van der Waals surface area contributed by atoms with Crippen molar-refractivity contribution >= 4 is 34.4 Å². The van der Waals surface area contributed by atoms with E-state index in [1.807, 2.05) is 7.05 Å². The molecule has 0 radical (unpaired) electrons. The highest BCUT2D eigenvalue weighted by Crippen LogP contribution is 2.37. The molecular formula is C14H21IN4. The lowest BCUT2D eigenvalue weighted by Crippen LogP contribution is -2.22. The van der Waals surface area contributed by atoms with Gasteiger partial charge >= 0.3 is 0 Å². The zero-order valence-electron chi connectivity index (χ0n) is 11.5. The lowest BCUT2D eigenvalue weighted by Gasteiger charge is -2.20. The third-order valence-corrected chi connectivity index (χ3v) is 5.30. The van der Waals surface area contributed by atoms with E-state index >= 15 is 0 Å². The van der Waals surface area contributed by atoms with E-state index in [4.69, 9.17) is 9.97 Å². The fourth-order valence-electron chi connectivity index (χ4n) is 3.15. The fraction of sp³-hybridized carbons (Fsp3) is 0.714. The normalized spacial score (nSPS) is 20.2. The standard InChI is InChI=1S/C14H21IN4/c1-16-13-11(15)12(10-6-2-3-7-10)17-14(18-13)19-8-4-5-9-19/h10H,2-9H2,1H3,(H,16,17,18). The Bertz CT molecular complexity index is 451. The van der Waals surface area contributed by atoms with Gasteiger partial charge < -0.3 is 10.2 Å². The molecule has 1 saturated heterocycles. The van der Waals surface area contributed by atoms with E-state index in [1.54, 1.807) is 0 Å². The molecular weight excluding hydrogens is 351 g/mol. The van der Waals surface area contributed by atoms with Crippen LogP contribution in [0.1, 0.15) is 50.1 Å². The Labute approximate surface area is 128 Å². The molecule has 0 amide bonds. The average molecular weight is 372 g/mol. The van der Waals surface area contributed by atoms with Crippen LogP contribution in [0.25, 0.3) is 0 Å². The van der Waals surface area contributed by atoms with Crippen LogP contribution in [0.5, 0.6) is 0 Å². The van der Waals surface area contributed by atoms with E-state index < -0.39 is 0 Å². The van der Waals surface area contributed by atoms with E-state index in [0.717, 1.165) is 24.9 Å². The van der Waals surface area contributed by atoms with Gasteiger partial charge in [0.2, 0.25) is 5.95 Å². The summed E-state index contributed by atoms with van der Waals surface area (Å²) in [5.74, 6) is 2.58. The number of hydrogen-bond acceptors (Lipinski definition) is 4. The zero-order valence-corrected chi connectivity index (χ0v) is 13.6. The van der Waals surface area contributed by atoms with E-state index in [1.165, 1.54) is 47.8 Å². The van der Waals surface area contributed by atoms with Gasteiger partial charge in [0.05, 0.1) is 9.26 Å². The maximum Gasteiger partial charge on any atom is 0.227 e. The Kier molecular flexibility index (Phi) is 4.10. The number of aromatic nitrogens is 2. The van der Waals surface area contributed by atoms with Crippen molar-refractivity contribution in [3.8, 4) is 0 Å². The van der Waals surface area contributed by atoms with Gasteiger partial charge in [0.15, 0.2) is 0 Å². The van der Waals surface area contributed by atoms with Crippen LogP contribution in [0.15, 0.2) is 0 Å². The number of nitrogens with zero attached hydrogens (tertiary/aromatic N) is 3. The smallest absolute Gasteiger partial charge is 0.227 e. The summed E-state index contributed by atoms with van der Waals surface area (Å²) in [4.78, 5) is 11.9. The SMILES string of the molecule is CNc1nc(N2CCCC2)nc(C2CCCC2)c1I. The lowest BCUT2D eigenvalue weighted by atomic mass is 10.0. The highest BCUT2D eigenvalue weighted by atomic mass is 127. The van der Waals surface area contributed by atoms with Crippen molar-refractivity contribution in [3.63, 3.8) is 0 Å². The van der Waals surface area contributed by atoms with Crippen molar-refractivity contribution in [2.45, 2.75) is 44.4 Å². The molecule has 0 unspecified atom stereocenters. The fourth-order valence-corrected chi connectivity index (χ4v) is 4.10. The lowest BCUT2D eigenvalue weighted by molar-refractivity contribution is 0.686. The van der Waals surface area contributed by atoms with Gasteiger partial charge in [-0.05, 0) is 48.3 Å². The van der Waals surface area contributed by atoms with E-state index in [9.17, 15) is 0 Å². The van der Waals surface area contributed by atoms with Crippen LogP contribution in [-0.4, -0.2) is 30.1 Å². The highest BCUT2D eigenvalue weighted by Gasteiger charge is 2.25. The summed E-state index contributed by atoms with van der Waals surface area (Å²) in [5, 5.41) is 3.24. The second-order valence-electron chi connectivity index (χ2n) is 5.50. The topological polar surface area (TPSA) is 41.1 Å². The van der Waals surface area contributed by atoms with Crippen molar-refractivity contribution in [2.24, 2.45) is 0 Å².